The lowest BCUT2D eigenvalue weighted by atomic mass is 10.3. The van der Waals surface area contributed by atoms with Crippen molar-refractivity contribution in [3.8, 4) is 5.75 Å². The van der Waals surface area contributed by atoms with Crippen LogP contribution in [0.2, 0.25) is 0 Å². The van der Waals surface area contributed by atoms with Crippen LogP contribution >= 0.6 is 0 Å². The Morgan fingerprint density at radius 1 is 1.62 bits per heavy atom. The Labute approximate surface area is 94.2 Å². The number of nitrogens with two attached hydrogens (primary N) is 1. The number of aromatic nitrogens is 2. The van der Waals surface area contributed by atoms with Crippen molar-refractivity contribution in [1.82, 2.24) is 9.97 Å². The first-order chi connectivity index (χ1) is 7.60. The number of methoxy groups -OCH3 is 1. The van der Waals surface area contributed by atoms with Gasteiger partial charge in [-0.15, -0.1) is 0 Å². The van der Waals surface area contributed by atoms with Crippen molar-refractivity contribution in [3.63, 3.8) is 0 Å². The number of aliphatic hydroxyl groups excluding tert-OH is 1. The summed E-state index contributed by atoms with van der Waals surface area (Å²) in [6, 6.07) is 0. The summed E-state index contributed by atoms with van der Waals surface area (Å²) in [5, 5.41) is 9.31. The number of aliphatic hydroxyl groups is 1. The van der Waals surface area contributed by atoms with E-state index < -0.39 is 6.10 Å². The fraction of sp³-hybridized carbons (Fsp3) is 0.556. The molecule has 0 radical (unpaired) electrons. The van der Waals surface area contributed by atoms with E-state index >= 15 is 0 Å². The second-order valence-electron chi connectivity index (χ2n) is 3.45. The summed E-state index contributed by atoms with van der Waals surface area (Å²) in [6.07, 6.45) is 0.921. The quantitative estimate of drug-likeness (QED) is 0.464. The molecule has 1 heterocycles. The average Bonchev–Trinajstić information content (AvgIpc) is 2.26. The summed E-state index contributed by atoms with van der Waals surface area (Å²) in [6.45, 7) is 2.14. The topological polar surface area (TPSA) is 96.5 Å². The van der Waals surface area contributed by atoms with Crippen LogP contribution in [-0.4, -0.2) is 41.9 Å². The van der Waals surface area contributed by atoms with Gasteiger partial charge < -0.3 is 20.2 Å². The number of anilines is 2. The number of likely N-dealkylation sites (N-methyl/N-ethyl adjacent to an activating group) is 1. The Morgan fingerprint density at radius 2 is 2.31 bits per heavy atom. The zero-order valence-electron chi connectivity index (χ0n) is 9.64. The predicted octanol–water partition coefficient (Wildman–Crippen LogP) is -0.412. The lowest BCUT2D eigenvalue weighted by molar-refractivity contribution is 0.201. The number of rotatable bonds is 5. The summed E-state index contributed by atoms with van der Waals surface area (Å²) in [7, 11) is 3.32. The number of nitrogen functional groups attached to an aromatic ring is 1. The van der Waals surface area contributed by atoms with Crippen molar-refractivity contribution < 1.29 is 9.84 Å². The van der Waals surface area contributed by atoms with Crippen LogP contribution in [0.25, 0.3) is 0 Å². The molecule has 0 bridgehead atoms. The SMILES string of the molecule is COc1c(NN)ncnc1N(C)CC(C)O. The van der Waals surface area contributed by atoms with E-state index in [1.54, 1.807) is 18.9 Å². The molecule has 0 amide bonds. The molecule has 7 heteroatoms. The van der Waals surface area contributed by atoms with Gasteiger partial charge in [0, 0.05) is 13.6 Å². The van der Waals surface area contributed by atoms with E-state index in [1.807, 2.05) is 0 Å². The highest BCUT2D eigenvalue weighted by Gasteiger charge is 2.15. The molecule has 0 spiro atoms. The van der Waals surface area contributed by atoms with Gasteiger partial charge in [0.05, 0.1) is 13.2 Å². The lowest BCUT2D eigenvalue weighted by Crippen LogP contribution is -2.28. The molecule has 0 aromatic carbocycles. The Morgan fingerprint density at radius 3 is 2.81 bits per heavy atom. The van der Waals surface area contributed by atoms with Gasteiger partial charge in [-0.2, -0.15) is 0 Å². The van der Waals surface area contributed by atoms with Crippen LogP contribution in [0.4, 0.5) is 11.6 Å². The molecule has 0 aliphatic carbocycles. The molecule has 0 aliphatic rings. The van der Waals surface area contributed by atoms with Crippen molar-refractivity contribution in [2.75, 3.05) is 31.0 Å². The van der Waals surface area contributed by atoms with Crippen LogP contribution in [0.3, 0.4) is 0 Å². The molecule has 0 saturated heterocycles. The van der Waals surface area contributed by atoms with Gasteiger partial charge in [0.1, 0.15) is 6.33 Å². The van der Waals surface area contributed by atoms with E-state index in [-0.39, 0.29) is 0 Å². The van der Waals surface area contributed by atoms with Crippen LogP contribution in [-0.2, 0) is 0 Å². The third kappa shape index (κ3) is 2.71. The zero-order chi connectivity index (χ0) is 12.1. The number of ether oxygens (including phenoxy) is 1. The summed E-state index contributed by atoms with van der Waals surface area (Å²) >= 11 is 0. The molecule has 1 aromatic heterocycles. The molecule has 0 aliphatic heterocycles. The monoisotopic (exact) mass is 227 g/mol. The van der Waals surface area contributed by atoms with Crippen LogP contribution < -0.4 is 20.9 Å². The minimum atomic E-state index is -0.459. The molecule has 1 unspecified atom stereocenters. The van der Waals surface area contributed by atoms with Crippen molar-refractivity contribution in [2.45, 2.75) is 13.0 Å². The molecular weight excluding hydrogens is 210 g/mol. The molecular formula is C9H17N5O2. The summed E-state index contributed by atoms with van der Waals surface area (Å²) in [5.74, 6) is 6.74. The molecule has 16 heavy (non-hydrogen) atoms. The third-order valence-corrected chi connectivity index (χ3v) is 2.03. The van der Waals surface area contributed by atoms with Crippen LogP contribution in [0.1, 0.15) is 6.92 Å². The van der Waals surface area contributed by atoms with E-state index in [1.165, 1.54) is 13.4 Å². The summed E-state index contributed by atoms with van der Waals surface area (Å²) in [4.78, 5) is 9.79. The Hall–Kier alpha value is -1.60. The van der Waals surface area contributed by atoms with E-state index in [2.05, 4.69) is 15.4 Å². The molecule has 1 atom stereocenters. The minimum Gasteiger partial charge on any atom is -0.490 e. The van der Waals surface area contributed by atoms with E-state index in [0.717, 1.165) is 0 Å². The highest BCUT2D eigenvalue weighted by atomic mass is 16.5. The lowest BCUT2D eigenvalue weighted by Gasteiger charge is -2.22. The standard InChI is InChI=1S/C9H17N5O2/c1-6(15)4-14(2)9-7(16-3)8(13-10)11-5-12-9/h5-6,15H,4,10H2,1-3H3,(H,11,12,13). The molecule has 4 N–H and O–H groups in total. The maximum absolute atomic E-state index is 9.31. The number of nitrogens with zero attached hydrogens (tertiary/aromatic N) is 3. The largest absolute Gasteiger partial charge is 0.490 e. The first-order valence-electron chi connectivity index (χ1n) is 4.85. The summed E-state index contributed by atoms with van der Waals surface area (Å²) in [5.41, 5.74) is 2.43. The maximum Gasteiger partial charge on any atom is 0.205 e. The number of hydrazine groups is 1. The van der Waals surface area contributed by atoms with E-state index in [4.69, 9.17) is 10.6 Å². The average molecular weight is 227 g/mol. The van der Waals surface area contributed by atoms with Crippen molar-refractivity contribution in [2.24, 2.45) is 5.84 Å². The van der Waals surface area contributed by atoms with Crippen LogP contribution in [0.5, 0.6) is 5.75 Å². The first kappa shape index (κ1) is 12.5. The number of hydrogen-bond acceptors (Lipinski definition) is 7. The number of hydrogen-bond donors (Lipinski definition) is 3. The van der Waals surface area contributed by atoms with E-state index in [9.17, 15) is 5.11 Å². The van der Waals surface area contributed by atoms with Crippen LogP contribution in [0, 0.1) is 0 Å². The second-order valence-corrected chi connectivity index (χ2v) is 3.45. The fourth-order valence-electron chi connectivity index (χ4n) is 1.41. The molecule has 1 rings (SSSR count). The first-order valence-corrected chi connectivity index (χ1v) is 4.85. The second kappa shape index (κ2) is 5.47. The molecule has 1 aromatic rings. The van der Waals surface area contributed by atoms with Gasteiger partial charge in [-0.1, -0.05) is 0 Å². The van der Waals surface area contributed by atoms with Gasteiger partial charge in [0.25, 0.3) is 0 Å². The predicted molar refractivity (Wildman–Crippen MR) is 61.3 cm³/mol. The van der Waals surface area contributed by atoms with Gasteiger partial charge in [-0.3, -0.25) is 0 Å². The van der Waals surface area contributed by atoms with Gasteiger partial charge in [0.15, 0.2) is 11.6 Å². The van der Waals surface area contributed by atoms with Gasteiger partial charge >= 0.3 is 0 Å². The summed E-state index contributed by atoms with van der Waals surface area (Å²) < 4.78 is 5.18. The fourth-order valence-corrected chi connectivity index (χ4v) is 1.41. The van der Waals surface area contributed by atoms with Gasteiger partial charge in [-0.05, 0) is 6.92 Å². The molecule has 0 fully saturated rings. The highest BCUT2D eigenvalue weighted by Crippen LogP contribution is 2.30. The van der Waals surface area contributed by atoms with Crippen molar-refractivity contribution in [1.29, 1.82) is 0 Å². The third-order valence-electron chi connectivity index (χ3n) is 2.03. The molecule has 7 nitrogen and oxygen atoms in total. The van der Waals surface area contributed by atoms with Crippen molar-refractivity contribution in [3.05, 3.63) is 6.33 Å². The smallest absolute Gasteiger partial charge is 0.205 e. The molecule has 0 saturated carbocycles. The van der Waals surface area contributed by atoms with Gasteiger partial charge in [0.2, 0.25) is 5.75 Å². The zero-order valence-corrected chi connectivity index (χ0v) is 9.64. The Kier molecular flexibility index (Phi) is 4.27. The van der Waals surface area contributed by atoms with E-state index in [0.29, 0.717) is 23.9 Å². The maximum atomic E-state index is 9.31. The normalized spacial score (nSPS) is 12.1. The van der Waals surface area contributed by atoms with Crippen molar-refractivity contribution >= 4 is 11.6 Å². The minimum absolute atomic E-state index is 0.407. The van der Waals surface area contributed by atoms with Crippen LogP contribution in [0.15, 0.2) is 6.33 Å². The van der Waals surface area contributed by atoms with Gasteiger partial charge in [-0.25, -0.2) is 15.8 Å². The highest BCUT2D eigenvalue weighted by molar-refractivity contribution is 5.64. The Bertz CT molecular complexity index is 345. The molecule has 90 valence electrons. The number of nitrogens with one attached hydrogen (secondary N) is 1. The Balaban J connectivity index is 3.02.